The van der Waals surface area contributed by atoms with Gasteiger partial charge in [-0.2, -0.15) is 0 Å². The number of thiophene rings is 1. The van der Waals surface area contributed by atoms with Crippen molar-refractivity contribution in [2.24, 2.45) is 0 Å². The molecule has 1 N–H and O–H groups in total. The number of carbonyl (C=O) groups is 2. The van der Waals surface area contributed by atoms with Crippen LogP contribution in [0.15, 0.2) is 78.1 Å². The third-order valence-electron chi connectivity index (χ3n) is 4.48. The molecule has 0 radical (unpaired) electrons. The van der Waals surface area contributed by atoms with Crippen molar-refractivity contribution in [3.8, 4) is 21.7 Å². The highest BCUT2D eigenvalue weighted by Crippen LogP contribution is 2.36. The van der Waals surface area contributed by atoms with E-state index >= 15 is 0 Å². The second-order valence-corrected chi connectivity index (χ2v) is 8.76. The molecule has 1 amide bonds. The average Bonchev–Trinajstić information content (AvgIpc) is 3.28. The van der Waals surface area contributed by atoms with Crippen molar-refractivity contribution in [1.29, 1.82) is 0 Å². The molecule has 2 aromatic carbocycles. The third-order valence-corrected chi connectivity index (χ3v) is 6.43. The van der Waals surface area contributed by atoms with Gasteiger partial charge in [-0.1, -0.05) is 72.4 Å². The normalized spacial score (nSPS) is 10.6. The number of aromatic nitrogens is 3. The number of nitrogens with zero attached hydrogens (tertiary/aromatic N) is 3. The summed E-state index contributed by atoms with van der Waals surface area (Å²) in [5.74, 6) is -0.668. The summed E-state index contributed by atoms with van der Waals surface area (Å²) in [6.07, 6.45) is 1.63. The van der Waals surface area contributed by atoms with Crippen LogP contribution in [-0.4, -0.2) is 39.4 Å². The number of carbonyl (C=O) groups excluding carboxylic acids is 2. The SMILES string of the molecule is CCOC(=O)c1cc(-c2ccccc2)sc1NC(=O)CSc1ncc(-c2ccccc2)nn1. The number of amides is 1. The van der Waals surface area contributed by atoms with Gasteiger partial charge in [0.2, 0.25) is 11.1 Å². The van der Waals surface area contributed by atoms with Crippen molar-refractivity contribution >= 4 is 40.0 Å². The molecule has 4 aromatic rings. The van der Waals surface area contributed by atoms with Crippen LogP contribution in [0, 0.1) is 0 Å². The van der Waals surface area contributed by atoms with Crippen molar-refractivity contribution in [1.82, 2.24) is 15.2 Å². The van der Waals surface area contributed by atoms with Gasteiger partial charge in [-0.05, 0) is 18.6 Å². The van der Waals surface area contributed by atoms with Crippen LogP contribution in [0.5, 0.6) is 0 Å². The maximum atomic E-state index is 12.6. The molecule has 0 fully saturated rings. The van der Waals surface area contributed by atoms with E-state index in [1.54, 1.807) is 19.2 Å². The van der Waals surface area contributed by atoms with Crippen LogP contribution in [0.3, 0.4) is 0 Å². The number of rotatable bonds is 8. The molecule has 0 bridgehead atoms. The Morgan fingerprint density at radius 3 is 2.33 bits per heavy atom. The zero-order valence-electron chi connectivity index (χ0n) is 17.7. The van der Waals surface area contributed by atoms with E-state index in [1.807, 2.05) is 60.7 Å². The third kappa shape index (κ3) is 5.82. The van der Waals surface area contributed by atoms with Crippen LogP contribution in [0.25, 0.3) is 21.7 Å². The van der Waals surface area contributed by atoms with Crippen LogP contribution < -0.4 is 5.32 Å². The first-order valence-corrected chi connectivity index (χ1v) is 12.0. The Morgan fingerprint density at radius 2 is 1.70 bits per heavy atom. The molecular weight excluding hydrogens is 456 g/mol. The number of hydrogen-bond acceptors (Lipinski definition) is 8. The summed E-state index contributed by atoms with van der Waals surface area (Å²) in [5.41, 5.74) is 2.88. The summed E-state index contributed by atoms with van der Waals surface area (Å²) in [6.45, 7) is 2.00. The Labute approximate surface area is 199 Å². The van der Waals surface area contributed by atoms with Gasteiger partial charge in [0.05, 0.1) is 24.1 Å². The zero-order valence-corrected chi connectivity index (χ0v) is 19.4. The molecule has 0 saturated carbocycles. The summed E-state index contributed by atoms with van der Waals surface area (Å²) in [6, 6.07) is 21.0. The molecule has 0 aliphatic heterocycles. The highest BCUT2D eigenvalue weighted by molar-refractivity contribution is 7.99. The molecule has 33 heavy (non-hydrogen) atoms. The van der Waals surface area contributed by atoms with E-state index in [0.29, 0.717) is 21.4 Å². The van der Waals surface area contributed by atoms with Gasteiger partial charge >= 0.3 is 5.97 Å². The Kier molecular flexibility index (Phi) is 7.43. The summed E-state index contributed by atoms with van der Waals surface area (Å²) in [4.78, 5) is 30.2. The Balaban J connectivity index is 1.43. The molecule has 166 valence electrons. The monoisotopic (exact) mass is 476 g/mol. The zero-order chi connectivity index (χ0) is 23.0. The number of thioether (sulfide) groups is 1. The number of hydrogen-bond donors (Lipinski definition) is 1. The predicted octanol–water partition coefficient (Wildman–Crippen LogP) is 5.17. The van der Waals surface area contributed by atoms with E-state index in [9.17, 15) is 9.59 Å². The molecule has 0 atom stereocenters. The molecule has 0 aliphatic rings. The van der Waals surface area contributed by atoms with E-state index in [0.717, 1.165) is 16.0 Å². The van der Waals surface area contributed by atoms with Crippen molar-refractivity contribution in [3.05, 3.63) is 78.5 Å². The first-order valence-electron chi connectivity index (χ1n) is 10.2. The highest BCUT2D eigenvalue weighted by atomic mass is 32.2. The molecule has 0 spiro atoms. The maximum Gasteiger partial charge on any atom is 0.341 e. The van der Waals surface area contributed by atoms with Crippen LogP contribution in [0.2, 0.25) is 0 Å². The van der Waals surface area contributed by atoms with E-state index in [-0.39, 0.29) is 18.3 Å². The Bertz CT molecular complexity index is 1230. The van der Waals surface area contributed by atoms with Crippen LogP contribution in [-0.2, 0) is 9.53 Å². The highest BCUT2D eigenvalue weighted by Gasteiger charge is 2.20. The number of anilines is 1. The Morgan fingerprint density at radius 1 is 1.00 bits per heavy atom. The number of ether oxygens (including phenoxy) is 1. The van der Waals surface area contributed by atoms with Gasteiger partial charge in [0, 0.05) is 10.4 Å². The second-order valence-electron chi connectivity index (χ2n) is 6.77. The quantitative estimate of drug-likeness (QED) is 0.277. The molecular formula is C24H20N4O3S2. The lowest BCUT2D eigenvalue weighted by atomic mass is 10.1. The lowest BCUT2D eigenvalue weighted by Crippen LogP contribution is -2.16. The van der Waals surface area contributed by atoms with Crippen molar-refractivity contribution in [3.63, 3.8) is 0 Å². The maximum absolute atomic E-state index is 12.6. The van der Waals surface area contributed by atoms with E-state index < -0.39 is 5.97 Å². The standard InChI is InChI=1S/C24H20N4O3S2/c1-2-31-23(30)18-13-20(17-11-7-4-8-12-17)33-22(18)26-21(29)15-32-24-25-14-19(27-28-24)16-9-5-3-6-10-16/h3-14H,2,15H2,1H3,(H,26,29). The molecule has 4 rings (SSSR count). The van der Waals surface area contributed by atoms with Crippen molar-refractivity contribution in [2.45, 2.75) is 12.1 Å². The molecule has 2 heterocycles. The van der Waals surface area contributed by atoms with Crippen molar-refractivity contribution < 1.29 is 14.3 Å². The summed E-state index contributed by atoms with van der Waals surface area (Å²) >= 11 is 2.50. The van der Waals surface area contributed by atoms with E-state index in [1.165, 1.54) is 23.1 Å². The minimum absolute atomic E-state index is 0.0766. The lowest BCUT2D eigenvalue weighted by Gasteiger charge is -2.06. The van der Waals surface area contributed by atoms with Crippen LogP contribution in [0.1, 0.15) is 17.3 Å². The van der Waals surface area contributed by atoms with Crippen LogP contribution >= 0.6 is 23.1 Å². The molecule has 0 unspecified atom stereocenters. The van der Waals surface area contributed by atoms with Gasteiger partial charge in [0.1, 0.15) is 10.7 Å². The fraction of sp³-hybridized carbons (Fsp3) is 0.125. The predicted molar refractivity (Wildman–Crippen MR) is 130 cm³/mol. The topological polar surface area (TPSA) is 94.1 Å². The van der Waals surface area contributed by atoms with Gasteiger partial charge in [-0.25, -0.2) is 9.78 Å². The first kappa shape index (κ1) is 22.6. The van der Waals surface area contributed by atoms with Gasteiger partial charge in [-0.15, -0.1) is 21.5 Å². The minimum Gasteiger partial charge on any atom is -0.462 e. The number of nitrogens with one attached hydrogen (secondary N) is 1. The summed E-state index contributed by atoms with van der Waals surface area (Å²) < 4.78 is 5.16. The molecule has 9 heteroatoms. The molecule has 2 aromatic heterocycles. The largest absolute Gasteiger partial charge is 0.462 e. The molecule has 0 aliphatic carbocycles. The Hall–Kier alpha value is -3.56. The van der Waals surface area contributed by atoms with Gasteiger partial charge < -0.3 is 10.1 Å². The van der Waals surface area contributed by atoms with Gasteiger partial charge in [0.15, 0.2) is 0 Å². The summed E-state index contributed by atoms with van der Waals surface area (Å²) in [7, 11) is 0. The number of esters is 1. The fourth-order valence-electron chi connectivity index (χ4n) is 2.95. The minimum atomic E-state index is -0.470. The first-order chi connectivity index (χ1) is 16.1. The van der Waals surface area contributed by atoms with Crippen molar-refractivity contribution in [2.75, 3.05) is 17.7 Å². The fourth-order valence-corrected chi connectivity index (χ4v) is 4.58. The summed E-state index contributed by atoms with van der Waals surface area (Å²) in [5, 5.41) is 12.0. The smallest absolute Gasteiger partial charge is 0.341 e. The molecule has 7 nitrogen and oxygen atoms in total. The van der Waals surface area contributed by atoms with Gasteiger partial charge in [0.25, 0.3) is 0 Å². The van der Waals surface area contributed by atoms with Gasteiger partial charge in [-0.3, -0.25) is 4.79 Å². The van der Waals surface area contributed by atoms with E-state index in [4.69, 9.17) is 4.74 Å². The second kappa shape index (κ2) is 10.8. The number of benzene rings is 2. The lowest BCUT2D eigenvalue weighted by molar-refractivity contribution is -0.113. The molecule has 0 saturated heterocycles. The average molecular weight is 477 g/mol. The van der Waals surface area contributed by atoms with E-state index in [2.05, 4.69) is 20.5 Å². The van der Waals surface area contributed by atoms with Crippen LogP contribution in [0.4, 0.5) is 5.00 Å².